The van der Waals surface area contributed by atoms with E-state index >= 15 is 0 Å². The van der Waals surface area contributed by atoms with Gasteiger partial charge in [-0.3, -0.25) is 4.79 Å². The fourth-order valence-corrected chi connectivity index (χ4v) is 2.39. The Bertz CT molecular complexity index is 339. The normalized spacial score (nSPS) is 16.2. The molecule has 2 nitrogen and oxygen atoms in total. The molecule has 0 amide bonds. The van der Waals surface area contributed by atoms with E-state index in [0.717, 1.165) is 12.8 Å². The molecular formula is C15H20O2. The summed E-state index contributed by atoms with van der Waals surface area (Å²) in [6, 6.07) is 10.1. The Labute approximate surface area is 103 Å². The third-order valence-corrected chi connectivity index (χ3v) is 3.41. The summed E-state index contributed by atoms with van der Waals surface area (Å²) in [5.74, 6) is 0.728. The Balaban J connectivity index is 1.61. The van der Waals surface area contributed by atoms with Crippen molar-refractivity contribution >= 4 is 5.78 Å². The highest BCUT2D eigenvalue weighted by Gasteiger charge is 2.21. The Morgan fingerprint density at radius 2 is 1.88 bits per heavy atom. The van der Waals surface area contributed by atoms with Crippen molar-refractivity contribution < 1.29 is 9.53 Å². The Kier molecular flexibility index (Phi) is 4.75. The van der Waals surface area contributed by atoms with Crippen LogP contribution in [-0.2, 0) is 16.1 Å². The molecule has 1 aromatic rings. The van der Waals surface area contributed by atoms with Gasteiger partial charge in [-0.05, 0) is 18.4 Å². The van der Waals surface area contributed by atoms with Crippen LogP contribution in [0.4, 0.5) is 0 Å². The summed E-state index contributed by atoms with van der Waals surface area (Å²) in [5.41, 5.74) is 1.17. The standard InChI is InChI=1S/C15H20O2/c16-15(14-8-4-5-9-14)10-11-17-12-13-6-2-1-3-7-13/h1-3,6-7,14H,4-5,8-12H2. The first kappa shape index (κ1) is 12.3. The van der Waals surface area contributed by atoms with Gasteiger partial charge in [-0.25, -0.2) is 0 Å². The van der Waals surface area contributed by atoms with Gasteiger partial charge in [0.2, 0.25) is 0 Å². The third-order valence-electron chi connectivity index (χ3n) is 3.41. The Morgan fingerprint density at radius 1 is 1.18 bits per heavy atom. The molecule has 2 heteroatoms. The second-order valence-corrected chi connectivity index (χ2v) is 4.74. The van der Waals surface area contributed by atoms with Crippen LogP contribution in [0.25, 0.3) is 0 Å². The first-order valence-electron chi connectivity index (χ1n) is 6.50. The van der Waals surface area contributed by atoms with Crippen molar-refractivity contribution in [2.45, 2.75) is 38.7 Å². The summed E-state index contributed by atoms with van der Waals surface area (Å²) in [6.45, 7) is 1.17. The molecule has 0 spiro atoms. The first-order chi connectivity index (χ1) is 8.36. The van der Waals surface area contributed by atoms with Gasteiger partial charge in [-0.15, -0.1) is 0 Å². The van der Waals surface area contributed by atoms with Crippen molar-refractivity contribution in [3.63, 3.8) is 0 Å². The first-order valence-corrected chi connectivity index (χ1v) is 6.50. The van der Waals surface area contributed by atoms with Crippen LogP contribution in [0.5, 0.6) is 0 Å². The zero-order valence-electron chi connectivity index (χ0n) is 10.2. The second kappa shape index (κ2) is 6.55. The number of hydrogen-bond acceptors (Lipinski definition) is 2. The van der Waals surface area contributed by atoms with Gasteiger partial charge in [0.15, 0.2) is 0 Å². The van der Waals surface area contributed by atoms with Crippen LogP contribution in [0.15, 0.2) is 30.3 Å². The molecular weight excluding hydrogens is 212 g/mol. The van der Waals surface area contributed by atoms with Gasteiger partial charge in [-0.2, -0.15) is 0 Å². The number of ketones is 1. The minimum atomic E-state index is 0.329. The highest BCUT2D eigenvalue weighted by Crippen LogP contribution is 2.26. The number of carbonyl (C=O) groups is 1. The third kappa shape index (κ3) is 3.97. The van der Waals surface area contributed by atoms with Crippen LogP contribution in [-0.4, -0.2) is 12.4 Å². The number of hydrogen-bond donors (Lipinski definition) is 0. The predicted molar refractivity (Wildman–Crippen MR) is 67.7 cm³/mol. The van der Waals surface area contributed by atoms with Crippen LogP contribution in [0.3, 0.4) is 0 Å². The van der Waals surface area contributed by atoms with Crippen molar-refractivity contribution in [3.8, 4) is 0 Å². The highest BCUT2D eigenvalue weighted by molar-refractivity contribution is 5.81. The number of benzene rings is 1. The summed E-state index contributed by atoms with van der Waals surface area (Å²) in [4.78, 5) is 11.8. The monoisotopic (exact) mass is 232 g/mol. The van der Waals surface area contributed by atoms with Gasteiger partial charge in [-0.1, -0.05) is 43.2 Å². The van der Waals surface area contributed by atoms with Crippen molar-refractivity contribution in [1.29, 1.82) is 0 Å². The van der Waals surface area contributed by atoms with Crippen molar-refractivity contribution in [1.82, 2.24) is 0 Å². The van der Waals surface area contributed by atoms with Crippen LogP contribution in [0.1, 0.15) is 37.7 Å². The van der Waals surface area contributed by atoms with Gasteiger partial charge in [0.25, 0.3) is 0 Å². The molecule has 0 aromatic heterocycles. The molecule has 0 unspecified atom stereocenters. The van der Waals surface area contributed by atoms with Gasteiger partial charge in [0.05, 0.1) is 13.2 Å². The molecule has 2 rings (SSSR count). The van der Waals surface area contributed by atoms with Crippen molar-refractivity contribution in [2.24, 2.45) is 5.92 Å². The fourth-order valence-electron chi connectivity index (χ4n) is 2.39. The lowest BCUT2D eigenvalue weighted by Crippen LogP contribution is -2.13. The Morgan fingerprint density at radius 3 is 2.59 bits per heavy atom. The minimum absolute atomic E-state index is 0.329. The van der Waals surface area contributed by atoms with Crippen LogP contribution in [0.2, 0.25) is 0 Å². The maximum atomic E-state index is 11.8. The predicted octanol–water partition coefficient (Wildman–Crippen LogP) is 3.35. The summed E-state index contributed by atoms with van der Waals surface area (Å²) >= 11 is 0. The molecule has 1 fully saturated rings. The lowest BCUT2D eigenvalue weighted by atomic mass is 10.0. The number of carbonyl (C=O) groups excluding carboxylic acids is 1. The fraction of sp³-hybridized carbons (Fsp3) is 0.533. The van der Waals surface area contributed by atoms with Gasteiger partial charge in [0, 0.05) is 12.3 Å². The number of Topliss-reactive ketones (excluding diaryl/α,β-unsaturated/α-hetero) is 1. The summed E-state index contributed by atoms with van der Waals surface area (Å²) in [5, 5.41) is 0. The highest BCUT2D eigenvalue weighted by atomic mass is 16.5. The van der Waals surface area contributed by atoms with E-state index in [9.17, 15) is 4.79 Å². The van der Waals surface area contributed by atoms with Crippen LogP contribution in [0, 0.1) is 5.92 Å². The molecule has 92 valence electrons. The van der Waals surface area contributed by atoms with E-state index in [2.05, 4.69) is 0 Å². The van der Waals surface area contributed by atoms with Crippen LogP contribution < -0.4 is 0 Å². The van der Waals surface area contributed by atoms with E-state index in [-0.39, 0.29) is 0 Å². The van der Waals surface area contributed by atoms with Crippen LogP contribution >= 0.6 is 0 Å². The molecule has 0 radical (unpaired) electrons. The van der Waals surface area contributed by atoms with E-state index in [4.69, 9.17) is 4.74 Å². The maximum Gasteiger partial charge on any atom is 0.138 e. The minimum Gasteiger partial charge on any atom is -0.376 e. The zero-order valence-corrected chi connectivity index (χ0v) is 10.2. The van der Waals surface area contributed by atoms with Gasteiger partial charge < -0.3 is 4.74 Å². The maximum absolute atomic E-state index is 11.8. The lowest BCUT2D eigenvalue weighted by Gasteiger charge is -2.08. The van der Waals surface area contributed by atoms with E-state index in [1.807, 2.05) is 30.3 Å². The number of rotatable bonds is 6. The van der Waals surface area contributed by atoms with Crippen molar-refractivity contribution in [2.75, 3.05) is 6.61 Å². The summed E-state index contributed by atoms with van der Waals surface area (Å²) < 4.78 is 5.53. The second-order valence-electron chi connectivity index (χ2n) is 4.74. The quantitative estimate of drug-likeness (QED) is 0.703. The Hall–Kier alpha value is -1.15. The molecule has 1 saturated carbocycles. The van der Waals surface area contributed by atoms with Gasteiger partial charge >= 0.3 is 0 Å². The SMILES string of the molecule is O=C(CCOCc1ccccc1)C1CCCC1. The number of ether oxygens (including phenoxy) is 1. The van der Waals surface area contributed by atoms with E-state index < -0.39 is 0 Å². The molecule has 0 atom stereocenters. The van der Waals surface area contributed by atoms with Gasteiger partial charge in [0.1, 0.15) is 5.78 Å². The largest absolute Gasteiger partial charge is 0.376 e. The van der Waals surface area contributed by atoms with Crippen molar-refractivity contribution in [3.05, 3.63) is 35.9 Å². The summed E-state index contributed by atoms with van der Waals surface area (Å²) in [7, 11) is 0. The molecule has 0 N–H and O–H groups in total. The molecule has 1 aromatic carbocycles. The smallest absolute Gasteiger partial charge is 0.138 e. The summed E-state index contributed by atoms with van der Waals surface area (Å²) in [6.07, 6.45) is 5.22. The van der Waals surface area contributed by atoms with E-state index in [1.54, 1.807) is 0 Å². The zero-order chi connectivity index (χ0) is 11.9. The molecule has 17 heavy (non-hydrogen) atoms. The molecule has 0 heterocycles. The molecule has 0 saturated heterocycles. The van der Waals surface area contributed by atoms with E-state index in [0.29, 0.717) is 31.3 Å². The lowest BCUT2D eigenvalue weighted by molar-refractivity contribution is -0.123. The topological polar surface area (TPSA) is 26.3 Å². The molecule has 1 aliphatic rings. The molecule has 0 aliphatic heterocycles. The average molecular weight is 232 g/mol. The van der Waals surface area contributed by atoms with E-state index in [1.165, 1.54) is 18.4 Å². The average Bonchev–Trinajstić information content (AvgIpc) is 2.89. The molecule has 0 bridgehead atoms. The molecule has 1 aliphatic carbocycles.